The molecule has 1 heterocycles. The molecule has 29 heavy (non-hydrogen) atoms. The number of amides is 1. The Balaban J connectivity index is 1.54. The molecule has 0 spiro atoms. The molecule has 3 aromatic carbocycles. The lowest BCUT2D eigenvalue weighted by Gasteiger charge is -2.20. The van der Waals surface area contributed by atoms with E-state index in [4.69, 9.17) is 4.74 Å². The van der Waals surface area contributed by atoms with Crippen molar-refractivity contribution in [3.05, 3.63) is 90.0 Å². The molecule has 0 N–H and O–H groups in total. The van der Waals surface area contributed by atoms with E-state index in [0.29, 0.717) is 11.7 Å². The highest BCUT2D eigenvalue weighted by atomic mass is 32.1. The van der Waals surface area contributed by atoms with Crippen LogP contribution in [0.3, 0.4) is 0 Å². The van der Waals surface area contributed by atoms with Crippen LogP contribution < -0.4 is 9.64 Å². The largest absolute Gasteiger partial charge is 0.483 e. The number of hydrogen-bond acceptors (Lipinski definition) is 4. The number of carbonyl (C=O) groups is 1. The second-order valence-corrected chi connectivity index (χ2v) is 7.81. The van der Waals surface area contributed by atoms with Crippen molar-refractivity contribution in [2.24, 2.45) is 0 Å². The van der Waals surface area contributed by atoms with E-state index in [1.807, 2.05) is 73.7 Å². The third-order valence-electron chi connectivity index (χ3n) is 4.73. The van der Waals surface area contributed by atoms with Gasteiger partial charge in [0.15, 0.2) is 11.7 Å². The summed E-state index contributed by atoms with van der Waals surface area (Å²) in [5, 5.41) is 0.709. The average molecular weight is 403 g/mol. The number of aryl methyl sites for hydroxylation is 1. The third-order valence-corrected chi connectivity index (χ3v) is 5.79. The Morgan fingerprint density at radius 1 is 0.966 bits per heavy atom. The molecule has 4 rings (SSSR count). The maximum Gasteiger partial charge on any atom is 0.266 e. The van der Waals surface area contributed by atoms with E-state index in [0.717, 1.165) is 28.0 Å². The van der Waals surface area contributed by atoms with Gasteiger partial charge in [0, 0.05) is 6.54 Å². The van der Waals surface area contributed by atoms with Crippen LogP contribution >= 0.6 is 11.3 Å². The number of anilines is 1. The molecule has 0 fully saturated rings. The van der Waals surface area contributed by atoms with Gasteiger partial charge in [-0.1, -0.05) is 72.0 Å². The zero-order valence-corrected chi connectivity index (χ0v) is 17.1. The van der Waals surface area contributed by atoms with Gasteiger partial charge in [-0.2, -0.15) is 0 Å². The summed E-state index contributed by atoms with van der Waals surface area (Å²) in [6.07, 6.45) is 0.757. The van der Waals surface area contributed by atoms with E-state index in [2.05, 4.69) is 17.1 Å². The Hall–Kier alpha value is -3.18. The van der Waals surface area contributed by atoms with Gasteiger partial charge in [0.25, 0.3) is 5.91 Å². The zero-order valence-electron chi connectivity index (χ0n) is 16.2. The zero-order chi connectivity index (χ0) is 20.1. The van der Waals surface area contributed by atoms with Crippen LogP contribution in [0.1, 0.15) is 11.1 Å². The maximum atomic E-state index is 13.1. The highest BCUT2D eigenvalue weighted by Crippen LogP contribution is 2.29. The SMILES string of the molecule is Cc1ccccc1OCC(=O)N(CCc1ccccc1)c1nc2ccccc2s1. The molecule has 1 aromatic heterocycles. The predicted octanol–water partition coefficient (Wildman–Crippen LogP) is 5.26. The third kappa shape index (κ3) is 4.63. The summed E-state index contributed by atoms with van der Waals surface area (Å²) in [5.41, 5.74) is 3.10. The monoisotopic (exact) mass is 402 g/mol. The summed E-state index contributed by atoms with van der Waals surface area (Å²) in [7, 11) is 0. The van der Waals surface area contributed by atoms with Gasteiger partial charge >= 0.3 is 0 Å². The quantitative estimate of drug-likeness (QED) is 0.423. The Kier molecular flexibility index (Phi) is 5.86. The number of rotatable bonds is 7. The van der Waals surface area contributed by atoms with Gasteiger partial charge in [0.2, 0.25) is 0 Å². The lowest BCUT2D eigenvalue weighted by Crippen LogP contribution is -2.36. The number of para-hydroxylation sites is 2. The van der Waals surface area contributed by atoms with Crippen LogP contribution in [0.25, 0.3) is 10.2 Å². The van der Waals surface area contributed by atoms with Crippen LogP contribution in [0, 0.1) is 6.92 Å². The van der Waals surface area contributed by atoms with E-state index in [9.17, 15) is 4.79 Å². The Bertz CT molecular complexity index is 1080. The minimum Gasteiger partial charge on any atom is -0.483 e. The van der Waals surface area contributed by atoms with Crippen molar-refractivity contribution >= 4 is 32.6 Å². The lowest BCUT2D eigenvalue weighted by atomic mass is 10.1. The molecule has 0 saturated carbocycles. The van der Waals surface area contributed by atoms with Crippen LogP contribution in [0.4, 0.5) is 5.13 Å². The summed E-state index contributed by atoms with van der Waals surface area (Å²) >= 11 is 1.53. The molecule has 0 aliphatic rings. The number of ether oxygens (including phenoxy) is 1. The first kappa shape index (κ1) is 19.2. The van der Waals surface area contributed by atoms with Gasteiger partial charge in [0.05, 0.1) is 10.2 Å². The molecule has 0 atom stereocenters. The van der Waals surface area contributed by atoms with Crippen LogP contribution in [0.2, 0.25) is 0 Å². The first-order chi connectivity index (χ1) is 14.2. The number of carbonyl (C=O) groups excluding carboxylic acids is 1. The number of hydrogen-bond donors (Lipinski definition) is 0. The molecule has 0 aliphatic heterocycles. The molecule has 146 valence electrons. The fourth-order valence-corrected chi connectivity index (χ4v) is 4.13. The standard InChI is InChI=1S/C24H22N2O2S/c1-18-9-5-7-13-21(18)28-17-23(27)26(16-15-19-10-3-2-4-11-19)24-25-20-12-6-8-14-22(20)29-24/h2-14H,15-17H2,1H3. The highest BCUT2D eigenvalue weighted by Gasteiger charge is 2.20. The molecule has 4 nitrogen and oxygen atoms in total. The van der Waals surface area contributed by atoms with Crippen LogP contribution in [0.15, 0.2) is 78.9 Å². The minimum atomic E-state index is -0.0942. The highest BCUT2D eigenvalue weighted by molar-refractivity contribution is 7.22. The Labute approximate surface area is 174 Å². The first-order valence-electron chi connectivity index (χ1n) is 9.59. The summed E-state index contributed by atoms with van der Waals surface area (Å²) < 4.78 is 6.88. The fourth-order valence-electron chi connectivity index (χ4n) is 3.12. The minimum absolute atomic E-state index is 0.0183. The van der Waals surface area contributed by atoms with Crippen molar-refractivity contribution in [1.29, 1.82) is 0 Å². The predicted molar refractivity (Wildman–Crippen MR) is 119 cm³/mol. The van der Waals surface area contributed by atoms with E-state index in [1.54, 1.807) is 4.90 Å². The van der Waals surface area contributed by atoms with Crippen LogP contribution in [-0.2, 0) is 11.2 Å². The number of benzene rings is 3. The van der Waals surface area contributed by atoms with E-state index < -0.39 is 0 Å². The second kappa shape index (κ2) is 8.88. The second-order valence-electron chi connectivity index (χ2n) is 6.80. The first-order valence-corrected chi connectivity index (χ1v) is 10.4. The summed E-state index contributed by atoms with van der Waals surface area (Å²) in [6.45, 7) is 2.51. The molecular weight excluding hydrogens is 380 g/mol. The molecule has 0 bridgehead atoms. The molecule has 4 aromatic rings. The van der Waals surface area contributed by atoms with Crippen molar-refractivity contribution in [2.45, 2.75) is 13.3 Å². The van der Waals surface area contributed by atoms with Crippen molar-refractivity contribution in [1.82, 2.24) is 4.98 Å². The lowest BCUT2D eigenvalue weighted by molar-refractivity contribution is -0.120. The average Bonchev–Trinajstić information content (AvgIpc) is 3.18. The van der Waals surface area contributed by atoms with Crippen molar-refractivity contribution in [3.8, 4) is 5.75 Å². The Morgan fingerprint density at radius 3 is 2.48 bits per heavy atom. The number of aromatic nitrogens is 1. The van der Waals surface area contributed by atoms with Gasteiger partial charge in [-0.05, 0) is 42.7 Å². The van der Waals surface area contributed by atoms with Gasteiger partial charge in [-0.15, -0.1) is 0 Å². The number of nitrogens with zero attached hydrogens (tertiary/aromatic N) is 2. The molecule has 0 unspecified atom stereocenters. The van der Waals surface area contributed by atoms with Gasteiger partial charge in [-0.25, -0.2) is 4.98 Å². The summed E-state index contributed by atoms with van der Waals surface area (Å²) in [4.78, 5) is 19.5. The van der Waals surface area contributed by atoms with E-state index >= 15 is 0 Å². The van der Waals surface area contributed by atoms with Crippen molar-refractivity contribution < 1.29 is 9.53 Å². The fraction of sp³-hybridized carbons (Fsp3) is 0.167. The summed E-state index contributed by atoms with van der Waals surface area (Å²) in [6, 6.07) is 25.8. The topological polar surface area (TPSA) is 42.4 Å². The molecule has 0 aliphatic carbocycles. The molecule has 5 heteroatoms. The Morgan fingerprint density at radius 2 is 1.69 bits per heavy atom. The molecule has 0 radical (unpaired) electrons. The van der Waals surface area contributed by atoms with Crippen molar-refractivity contribution in [2.75, 3.05) is 18.1 Å². The van der Waals surface area contributed by atoms with E-state index in [-0.39, 0.29) is 12.5 Å². The van der Waals surface area contributed by atoms with Gasteiger partial charge < -0.3 is 4.74 Å². The number of thiazole rings is 1. The maximum absolute atomic E-state index is 13.1. The normalized spacial score (nSPS) is 10.8. The smallest absolute Gasteiger partial charge is 0.266 e. The summed E-state index contributed by atoms with van der Waals surface area (Å²) in [5.74, 6) is 0.636. The number of fused-ring (bicyclic) bond motifs is 1. The molecule has 0 saturated heterocycles. The molecule has 1 amide bonds. The van der Waals surface area contributed by atoms with Gasteiger partial charge in [-0.3, -0.25) is 9.69 Å². The molecular formula is C24H22N2O2S. The van der Waals surface area contributed by atoms with Crippen molar-refractivity contribution in [3.63, 3.8) is 0 Å². The van der Waals surface area contributed by atoms with Gasteiger partial charge in [0.1, 0.15) is 5.75 Å². The van der Waals surface area contributed by atoms with E-state index in [1.165, 1.54) is 16.9 Å². The van der Waals surface area contributed by atoms with Crippen LogP contribution in [-0.4, -0.2) is 24.0 Å². The van der Waals surface area contributed by atoms with Crippen LogP contribution in [0.5, 0.6) is 5.75 Å².